The van der Waals surface area contributed by atoms with Gasteiger partial charge in [0.2, 0.25) is 0 Å². The lowest BCUT2D eigenvalue weighted by Crippen LogP contribution is -2.15. The number of carbonyl (C=O) groups excluding carboxylic acids is 2. The molecule has 10 nitrogen and oxygen atoms in total. The summed E-state index contributed by atoms with van der Waals surface area (Å²) in [5.41, 5.74) is 6.07. The molecule has 4 aromatic carbocycles. The van der Waals surface area contributed by atoms with Gasteiger partial charge in [0.15, 0.2) is 0 Å². The number of carbonyl (C=O) groups is 2. The maximum atomic E-state index is 12.2. The monoisotopic (exact) mass is 686 g/mol. The highest BCUT2D eigenvalue weighted by molar-refractivity contribution is 5.74. The molecule has 0 aliphatic carbocycles. The summed E-state index contributed by atoms with van der Waals surface area (Å²) in [6, 6.07) is 30.6. The van der Waals surface area contributed by atoms with E-state index < -0.39 is 11.9 Å². The summed E-state index contributed by atoms with van der Waals surface area (Å²) in [5.74, 6) is 0.108. The average molecular weight is 687 g/mol. The second-order valence-electron chi connectivity index (χ2n) is 11.4. The van der Waals surface area contributed by atoms with E-state index >= 15 is 0 Å². The van der Waals surface area contributed by atoms with Crippen LogP contribution in [0.3, 0.4) is 0 Å². The molecule has 0 saturated carbocycles. The predicted octanol–water partition coefficient (Wildman–Crippen LogP) is 6.48. The molecule has 50 heavy (non-hydrogen) atoms. The van der Waals surface area contributed by atoms with Crippen molar-refractivity contribution in [2.24, 2.45) is 0 Å². The van der Waals surface area contributed by atoms with Crippen LogP contribution in [0.5, 0.6) is 11.5 Å². The van der Waals surface area contributed by atoms with Crippen molar-refractivity contribution in [3.8, 4) is 33.8 Å². The van der Waals surface area contributed by atoms with E-state index in [2.05, 4.69) is 0 Å². The highest BCUT2D eigenvalue weighted by Gasteiger charge is 2.10. The number of aliphatic hydroxyl groups excluding tert-OH is 2. The van der Waals surface area contributed by atoms with E-state index in [0.29, 0.717) is 24.7 Å². The van der Waals surface area contributed by atoms with E-state index in [9.17, 15) is 9.59 Å². The minimum absolute atomic E-state index is 0.00927. The molecule has 0 heterocycles. The van der Waals surface area contributed by atoms with Crippen molar-refractivity contribution in [2.45, 2.75) is 38.9 Å². The van der Waals surface area contributed by atoms with Crippen molar-refractivity contribution in [3.63, 3.8) is 0 Å². The Kier molecular flexibility index (Phi) is 16.1. The van der Waals surface area contributed by atoms with Crippen LogP contribution in [0.25, 0.3) is 22.3 Å². The molecule has 0 radical (unpaired) electrons. The van der Waals surface area contributed by atoms with Crippen LogP contribution < -0.4 is 9.47 Å². The predicted molar refractivity (Wildman–Crippen MR) is 189 cm³/mol. The molecule has 2 atom stereocenters. The van der Waals surface area contributed by atoms with E-state index in [1.807, 2.05) is 86.6 Å². The van der Waals surface area contributed by atoms with Gasteiger partial charge in [-0.25, -0.2) is 0 Å². The molecule has 266 valence electrons. The standard InChI is InChI=1S/C40H46O10/c1-29(47-25-21-41)31-3-7-33(8-4-31)35-11-15-37(16-12-35)49-39(43)19-23-45-27-28-46-24-20-40(44)50-38-17-13-36(14-18-38)34-9-5-32(6-10-34)30(2)48-26-22-42/h3-18,29-30,41-42H,19-28H2,1-2H3. The quantitative estimate of drug-likeness (QED) is 0.0571. The fourth-order valence-corrected chi connectivity index (χ4v) is 4.97. The lowest BCUT2D eigenvalue weighted by atomic mass is 10.0. The molecule has 0 saturated heterocycles. The van der Waals surface area contributed by atoms with Gasteiger partial charge < -0.3 is 38.6 Å². The molecule has 4 aromatic rings. The SMILES string of the molecule is CC(OCCO)c1ccc(-c2ccc(OC(=O)CCOCCOCCC(=O)Oc3ccc(-c4ccc(C(C)OCCO)cc4)cc3)cc2)cc1. The van der Waals surface area contributed by atoms with Crippen molar-refractivity contribution >= 4 is 11.9 Å². The molecule has 0 aromatic heterocycles. The third-order valence-corrected chi connectivity index (χ3v) is 7.79. The highest BCUT2D eigenvalue weighted by atomic mass is 16.6. The molecule has 0 aliphatic rings. The lowest BCUT2D eigenvalue weighted by Gasteiger charge is -2.13. The summed E-state index contributed by atoms with van der Waals surface area (Å²) < 4.78 is 32.9. The van der Waals surface area contributed by atoms with E-state index in [1.165, 1.54) is 0 Å². The van der Waals surface area contributed by atoms with Gasteiger partial charge >= 0.3 is 11.9 Å². The summed E-state index contributed by atoms with van der Waals surface area (Å²) in [6.45, 7) is 5.39. The van der Waals surface area contributed by atoms with Gasteiger partial charge in [0.1, 0.15) is 11.5 Å². The first kappa shape index (κ1) is 38.4. The van der Waals surface area contributed by atoms with Gasteiger partial charge in [0.05, 0.1) is 77.9 Å². The number of benzene rings is 4. The molecule has 4 rings (SSSR count). The Bertz CT molecular complexity index is 1450. The Hall–Kier alpha value is -4.42. The first-order valence-electron chi connectivity index (χ1n) is 16.8. The van der Waals surface area contributed by atoms with E-state index in [4.69, 9.17) is 38.6 Å². The van der Waals surface area contributed by atoms with Gasteiger partial charge in [0, 0.05) is 0 Å². The highest BCUT2D eigenvalue weighted by Crippen LogP contribution is 2.27. The van der Waals surface area contributed by atoms with Crippen molar-refractivity contribution < 1.29 is 48.2 Å². The van der Waals surface area contributed by atoms with Crippen LogP contribution in [0.15, 0.2) is 97.1 Å². The lowest BCUT2D eigenvalue weighted by molar-refractivity contribution is -0.137. The Morgan fingerprint density at radius 3 is 1.12 bits per heavy atom. The number of esters is 2. The van der Waals surface area contributed by atoms with E-state index in [0.717, 1.165) is 33.4 Å². The fourth-order valence-electron chi connectivity index (χ4n) is 4.97. The Morgan fingerprint density at radius 1 is 0.480 bits per heavy atom. The van der Waals surface area contributed by atoms with Crippen LogP contribution in [0.2, 0.25) is 0 Å². The molecular formula is C40H46O10. The van der Waals surface area contributed by atoms with Crippen molar-refractivity contribution in [1.82, 2.24) is 0 Å². The first-order valence-corrected chi connectivity index (χ1v) is 16.8. The van der Waals surface area contributed by atoms with Crippen LogP contribution in [-0.4, -0.2) is 75.0 Å². The number of hydrogen-bond acceptors (Lipinski definition) is 10. The molecule has 0 aliphatic heterocycles. The van der Waals surface area contributed by atoms with Gasteiger partial charge in [-0.3, -0.25) is 9.59 Å². The Balaban J connectivity index is 1.05. The van der Waals surface area contributed by atoms with E-state index in [-0.39, 0.29) is 64.7 Å². The average Bonchev–Trinajstić information content (AvgIpc) is 3.14. The van der Waals surface area contributed by atoms with Crippen molar-refractivity contribution in [1.29, 1.82) is 0 Å². The molecule has 2 N–H and O–H groups in total. The van der Waals surface area contributed by atoms with Crippen LogP contribution in [0.4, 0.5) is 0 Å². The zero-order valence-electron chi connectivity index (χ0n) is 28.6. The topological polar surface area (TPSA) is 130 Å². The summed E-state index contributed by atoms with van der Waals surface area (Å²) >= 11 is 0. The number of hydrogen-bond donors (Lipinski definition) is 2. The van der Waals surface area contributed by atoms with Gasteiger partial charge in [-0.2, -0.15) is 0 Å². The van der Waals surface area contributed by atoms with Gasteiger partial charge in [-0.1, -0.05) is 72.8 Å². The molecule has 0 fully saturated rings. The molecule has 0 amide bonds. The maximum Gasteiger partial charge on any atom is 0.313 e. The van der Waals surface area contributed by atoms with Gasteiger partial charge in [-0.05, 0) is 71.5 Å². The summed E-state index contributed by atoms with van der Waals surface area (Å²) in [6.07, 6.45) is -0.0207. The fraction of sp³-hybridized carbons (Fsp3) is 0.350. The van der Waals surface area contributed by atoms with Crippen molar-refractivity contribution in [2.75, 3.05) is 52.9 Å². The molecule has 0 spiro atoms. The maximum absolute atomic E-state index is 12.2. The first-order chi connectivity index (χ1) is 24.4. The minimum Gasteiger partial charge on any atom is -0.426 e. The number of ether oxygens (including phenoxy) is 6. The van der Waals surface area contributed by atoms with Crippen LogP contribution in [0.1, 0.15) is 50.0 Å². The van der Waals surface area contributed by atoms with E-state index in [1.54, 1.807) is 24.3 Å². The summed E-state index contributed by atoms with van der Waals surface area (Å²) in [7, 11) is 0. The molecular weight excluding hydrogens is 640 g/mol. The smallest absolute Gasteiger partial charge is 0.313 e. The van der Waals surface area contributed by atoms with Gasteiger partial charge in [0.25, 0.3) is 0 Å². The third-order valence-electron chi connectivity index (χ3n) is 7.79. The summed E-state index contributed by atoms with van der Waals surface area (Å²) in [4.78, 5) is 24.5. The summed E-state index contributed by atoms with van der Waals surface area (Å²) in [5, 5.41) is 17.9. The zero-order valence-corrected chi connectivity index (χ0v) is 28.6. The largest absolute Gasteiger partial charge is 0.426 e. The minimum atomic E-state index is -0.399. The molecule has 0 bridgehead atoms. The molecule has 2 unspecified atom stereocenters. The normalized spacial score (nSPS) is 12.3. The van der Waals surface area contributed by atoms with Crippen LogP contribution in [0, 0.1) is 0 Å². The Morgan fingerprint density at radius 2 is 0.800 bits per heavy atom. The number of aliphatic hydroxyl groups is 2. The van der Waals surface area contributed by atoms with Crippen LogP contribution >= 0.6 is 0 Å². The third kappa shape index (κ3) is 12.8. The zero-order chi connectivity index (χ0) is 35.6. The van der Waals surface area contributed by atoms with Crippen LogP contribution in [-0.2, 0) is 28.5 Å². The van der Waals surface area contributed by atoms with Gasteiger partial charge in [-0.15, -0.1) is 0 Å². The van der Waals surface area contributed by atoms with Crippen molar-refractivity contribution in [3.05, 3.63) is 108 Å². The molecule has 10 heteroatoms. The Labute approximate surface area is 293 Å². The second-order valence-corrected chi connectivity index (χ2v) is 11.4. The second kappa shape index (κ2) is 20.9. The number of rotatable bonds is 21.